The smallest absolute Gasteiger partial charge is 0.226 e. The molecule has 1 aromatic carbocycles. The minimum Gasteiger partial charge on any atom is -0.342 e. The van der Waals surface area contributed by atoms with Gasteiger partial charge in [0.25, 0.3) is 0 Å². The lowest BCUT2D eigenvalue weighted by molar-refractivity contribution is -0.133. The van der Waals surface area contributed by atoms with Crippen LogP contribution in [0.15, 0.2) is 36.8 Å². The minimum atomic E-state index is 0.126. The van der Waals surface area contributed by atoms with Gasteiger partial charge in [-0.1, -0.05) is 12.1 Å². The largest absolute Gasteiger partial charge is 0.342 e. The highest BCUT2D eigenvalue weighted by Crippen LogP contribution is 2.49. The quantitative estimate of drug-likeness (QED) is 0.867. The number of aryl methyl sites for hydroxylation is 1. The molecule has 5 heteroatoms. The standard InChI is InChI=1S/C20H22N4O/c1-23-13-22-12-19(23)16-6-8-24(9-7-16)20(25)18-10-17(18)15-4-2-14(11-21)3-5-15/h2-5,12-13,16-18H,6-10H2,1H3/t17-,18+/m0/s1. The van der Waals surface area contributed by atoms with Crippen LogP contribution in [0.3, 0.4) is 0 Å². The molecule has 0 unspecified atom stereocenters. The van der Waals surface area contributed by atoms with Crippen molar-refractivity contribution in [3.05, 3.63) is 53.6 Å². The van der Waals surface area contributed by atoms with E-state index in [2.05, 4.69) is 15.6 Å². The van der Waals surface area contributed by atoms with E-state index in [-0.39, 0.29) is 5.92 Å². The van der Waals surface area contributed by atoms with Gasteiger partial charge in [-0.3, -0.25) is 4.79 Å². The molecule has 1 aliphatic carbocycles. The van der Waals surface area contributed by atoms with Crippen molar-refractivity contribution in [2.75, 3.05) is 13.1 Å². The number of nitrogens with zero attached hydrogens (tertiary/aromatic N) is 4. The topological polar surface area (TPSA) is 61.9 Å². The highest BCUT2D eigenvalue weighted by molar-refractivity contribution is 5.83. The first-order chi connectivity index (χ1) is 12.2. The summed E-state index contributed by atoms with van der Waals surface area (Å²) in [6.45, 7) is 1.68. The summed E-state index contributed by atoms with van der Waals surface area (Å²) >= 11 is 0. The average molecular weight is 334 g/mol. The van der Waals surface area contributed by atoms with Gasteiger partial charge in [-0.15, -0.1) is 0 Å². The number of benzene rings is 1. The van der Waals surface area contributed by atoms with Crippen molar-refractivity contribution >= 4 is 5.91 Å². The first-order valence-electron chi connectivity index (χ1n) is 8.92. The van der Waals surface area contributed by atoms with Crippen LogP contribution in [-0.4, -0.2) is 33.4 Å². The van der Waals surface area contributed by atoms with E-state index in [9.17, 15) is 4.79 Å². The molecule has 25 heavy (non-hydrogen) atoms. The predicted octanol–water partition coefficient (Wildman–Crippen LogP) is 2.80. The maximum atomic E-state index is 12.8. The van der Waals surface area contributed by atoms with Crippen LogP contribution in [0.5, 0.6) is 0 Å². The van der Waals surface area contributed by atoms with Gasteiger partial charge < -0.3 is 9.47 Å². The van der Waals surface area contributed by atoms with Crippen molar-refractivity contribution < 1.29 is 4.79 Å². The molecule has 1 saturated heterocycles. The third-order valence-corrected chi connectivity index (χ3v) is 5.65. The van der Waals surface area contributed by atoms with Gasteiger partial charge in [-0.05, 0) is 42.9 Å². The third-order valence-electron chi connectivity index (χ3n) is 5.65. The third kappa shape index (κ3) is 3.05. The Morgan fingerprint density at radius 1 is 1.24 bits per heavy atom. The summed E-state index contributed by atoms with van der Waals surface area (Å²) in [6, 6.07) is 9.80. The van der Waals surface area contributed by atoms with E-state index >= 15 is 0 Å². The van der Waals surface area contributed by atoms with Gasteiger partial charge in [0.15, 0.2) is 0 Å². The fourth-order valence-corrected chi connectivity index (χ4v) is 4.03. The lowest BCUT2D eigenvalue weighted by atomic mass is 9.93. The number of amides is 1. The molecule has 2 atom stereocenters. The number of piperidine rings is 1. The zero-order chi connectivity index (χ0) is 17.4. The Morgan fingerprint density at radius 3 is 2.56 bits per heavy atom. The summed E-state index contributed by atoms with van der Waals surface area (Å²) in [6.07, 6.45) is 6.76. The normalized spacial score (nSPS) is 23.3. The van der Waals surface area contributed by atoms with Gasteiger partial charge >= 0.3 is 0 Å². The molecule has 1 saturated carbocycles. The van der Waals surface area contributed by atoms with Crippen LogP contribution in [0.25, 0.3) is 0 Å². The van der Waals surface area contributed by atoms with Gasteiger partial charge in [0, 0.05) is 43.9 Å². The Bertz CT molecular complexity index is 809. The summed E-state index contributed by atoms with van der Waals surface area (Å²) in [5.74, 6) is 1.26. The van der Waals surface area contributed by atoms with Crippen LogP contribution in [0.1, 0.15) is 47.9 Å². The summed E-state index contributed by atoms with van der Waals surface area (Å²) in [4.78, 5) is 19.0. The van der Waals surface area contributed by atoms with Crippen molar-refractivity contribution in [3.8, 4) is 6.07 Å². The molecule has 1 aliphatic heterocycles. The van der Waals surface area contributed by atoms with E-state index in [1.165, 1.54) is 11.3 Å². The molecule has 0 bridgehead atoms. The lowest BCUT2D eigenvalue weighted by Gasteiger charge is -2.32. The molecular weight excluding hydrogens is 312 g/mol. The second-order valence-electron chi connectivity index (χ2n) is 7.21. The molecule has 1 amide bonds. The van der Waals surface area contributed by atoms with E-state index in [1.807, 2.05) is 48.7 Å². The number of carbonyl (C=O) groups excluding carboxylic acids is 1. The average Bonchev–Trinajstić information content (AvgIpc) is 3.35. The predicted molar refractivity (Wildman–Crippen MR) is 93.8 cm³/mol. The van der Waals surface area contributed by atoms with Crippen LogP contribution in [0.4, 0.5) is 0 Å². The molecule has 2 aromatic rings. The summed E-state index contributed by atoms with van der Waals surface area (Å²) in [7, 11) is 2.03. The Kier molecular flexibility index (Phi) is 4.04. The first kappa shape index (κ1) is 15.9. The number of hydrogen-bond donors (Lipinski definition) is 0. The molecule has 128 valence electrons. The first-order valence-corrected chi connectivity index (χ1v) is 8.92. The molecule has 2 aliphatic rings. The minimum absolute atomic E-state index is 0.126. The molecule has 4 rings (SSSR count). The number of aromatic nitrogens is 2. The number of carbonyl (C=O) groups is 1. The molecule has 1 aromatic heterocycles. The monoisotopic (exact) mass is 334 g/mol. The number of imidazole rings is 1. The molecule has 2 fully saturated rings. The summed E-state index contributed by atoms with van der Waals surface area (Å²) in [5.41, 5.74) is 3.13. The van der Waals surface area contributed by atoms with Gasteiger partial charge in [-0.25, -0.2) is 4.98 Å². The Labute approximate surface area is 147 Å². The second-order valence-corrected chi connectivity index (χ2v) is 7.21. The van der Waals surface area contributed by atoms with Gasteiger partial charge in [-0.2, -0.15) is 5.26 Å². The number of likely N-dealkylation sites (tertiary alicyclic amines) is 1. The van der Waals surface area contributed by atoms with Crippen LogP contribution < -0.4 is 0 Å². The van der Waals surface area contributed by atoms with Gasteiger partial charge in [0.05, 0.1) is 18.0 Å². The molecule has 0 radical (unpaired) electrons. The van der Waals surface area contributed by atoms with Crippen molar-refractivity contribution in [1.82, 2.24) is 14.5 Å². The zero-order valence-electron chi connectivity index (χ0n) is 14.4. The molecule has 5 nitrogen and oxygen atoms in total. The molecule has 2 heterocycles. The van der Waals surface area contributed by atoms with Crippen LogP contribution in [0.2, 0.25) is 0 Å². The Balaban J connectivity index is 1.34. The van der Waals surface area contributed by atoms with Crippen LogP contribution in [-0.2, 0) is 11.8 Å². The van der Waals surface area contributed by atoms with Crippen LogP contribution in [0, 0.1) is 17.2 Å². The number of rotatable bonds is 3. The Morgan fingerprint density at radius 2 is 1.96 bits per heavy atom. The fourth-order valence-electron chi connectivity index (χ4n) is 4.03. The Hall–Kier alpha value is -2.61. The van der Waals surface area contributed by atoms with Gasteiger partial charge in [0.1, 0.15) is 0 Å². The maximum Gasteiger partial charge on any atom is 0.226 e. The van der Waals surface area contributed by atoms with E-state index in [1.54, 1.807) is 0 Å². The van der Waals surface area contributed by atoms with Crippen molar-refractivity contribution in [1.29, 1.82) is 5.26 Å². The van der Waals surface area contributed by atoms with E-state index < -0.39 is 0 Å². The van der Waals surface area contributed by atoms with Crippen molar-refractivity contribution in [3.63, 3.8) is 0 Å². The molecular formula is C20H22N4O. The zero-order valence-corrected chi connectivity index (χ0v) is 14.4. The highest BCUT2D eigenvalue weighted by Gasteiger charge is 2.46. The fraction of sp³-hybridized carbons (Fsp3) is 0.450. The molecule has 0 spiro atoms. The van der Waals surface area contributed by atoms with E-state index in [4.69, 9.17) is 5.26 Å². The van der Waals surface area contributed by atoms with Crippen molar-refractivity contribution in [2.45, 2.75) is 31.1 Å². The lowest BCUT2D eigenvalue weighted by Crippen LogP contribution is -2.39. The number of hydrogen-bond acceptors (Lipinski definition) is 3. The van der Waals surface area contributed by atoms with E-state index in [0.29, 0.717) is 23.3 Å². The summed E-state index contributed by atoms with van der Waals surface area (Å²) < 4.78 is 2.09. The number of nitriles is 1. The SMILES string of the molecule is Cn1cncc1C1CCN(C(=O)[C@@H]2C[C@H]2c2ccc(C#N)cc2)CC1. The summed E-state index contributed by atoms with van der Waals surface area (Å²) in [5, 5.41) is 8.88. The van der Waals surface area contributed by atoms with Gasteiger partial charge in [0.2, 0.25) is 5.91 Å². The van der Waals surface area contributed by atoms with Crippen molar-refractivity contribution in [2.24, 2.45) is 13.0 Å². The van der Waals surface area contributed by atoms with E-state index in [0.717, 1.165) is 32.4 Å². The second kappa shape index (κ2) is 6.36. The van der Waals surface area contributed by atoms with Crippen LogP contribution >= 0.6 is 0 Å². The molecule has 0 N–H and O–H groups in total. The maximum absolute atomic E-state index is 12.8. The highest BCUT2D eigenvalue weighted by atomic mass is 16.2.